The molecule has 0 aromatic heterocycles. The molecule has 3 rings (SSSR count). The van der Waals surface area contributed by atoms with Crippen molar-refractivity contribution in [3.05, 3.63) is 102 Å². The van der Waals surface area contributed by atoms with E-state index in [1.807, 2.05) is 98.8 Å². The molecule has 0 aliphatic carbocycles. The van der Waals surface area contributed by atoms with Crippen LogP contribution in [0.3, 0.4) is 0 Å². The fourth-order valence-corrected chi connectivity index (χ4v) is 8.29. The number of ether oxygens (including phenoxy) is 5. The third kappa shape index (κ3) is 22.1. The third-order valence-corrected chi connectivity index (χ3v) is 12.6. The van der Waals surface area contributed by atoms with E-state index < -0.39 is 48.1 Å². The second-order valence-corrected chi connectivity index (χ2v) is 18.6. The van der Waals surface area contributed by atoms with E-state index >= 15 is 0 Å². The Morgan fingerprint density at radius 1 is 0.612 bits per heavy atom. The lowest BCUT2D eigenvalue weighted by atomic mass is 9.86. The standard InChI is InChI=1S/C55H85N3O9/c1-9-10-11-12-13-14-15-16-17-18-25-30-49(59)42(5)52(67-38-46-31-33-47(63-7)34-32-46)41(4)35-56-50(40(2)3)53(60)58-51(43(6)66-37-45-28-23-20-24-29-45)54(61)57-48(55(62)64-8)39-65-36-44-26-21-19-22-27-44/h19-24,26-29,31-34,40-43,48-52,56,59H,9-18,25,30,35-39H2,1-8H3,(H,57,61)(H,58,60)/t41-,42-,43?,48+,49-,50+,51+,52-/m1/s1. The molecule has 1 unspecified atom stereocenters. The van der Waals surface area contributed by atoms with E-state index in [2.05, 4.69) is 36.7 Å². The van der Waals surface area contributed by atoms with E-state index in [4.69, 9.17) is 23.7 Å². The van der Waals surface area contributed by atoms with E-state index in [-0.39, 0.29) is 43.7 Å². The van der Waals surface area contributed by atoms with Crippen molar-refractivity contribution in [3.63, 3.8) is 0 Å². The largest absolute Gasteiger partial charge is 0.497 e. The first kappa shape index (κ1) is 57.0. The molecule has 12 nitrogen and oxygen atoms in total. The van der Waals surface area contributed by atoms with E-state index in [1.54, 1.807) is 14.0 Å². The van der Waals surface area contributed by atoms with Crippen LogP contribution < -0.4 is 20.7 Å². The van der Waals surface area contributed by atoms with Crippen LogP contribution in [0.15, 0.2) is 84.9 Å². The number of carbonyl (C=O) groups excluding carboxylic acids is 3. The molecule has 2 amide bonds. The molecule has 0 aliphatic heterocycles. The van der Waals surface area contributed by atoms with Crippen molar-refractivity contribution in [2.75, 3.05) is 27.4 Å². The van der Waals surface area contributed by atoms with Crippen molar-refractivity contribution in [2.45, 2.75) is 175 Å². The predicted octanol–water partition coefficient (Wildman–Crippen LogP) is 9.49. The molecule has 0 heterocycles. The highest BCUT2D eigenvalue weighted by Gasteiger charge is 2.36. The van der Waals surface area contributed by atoms with Gasteiger partial charge in [0, 0.05) is 12.5 Å². The van der Waals surface area contributed by atoms with E-state index in [1.165, 1.54) is 64.9 Å². The van der Waals surface area contributed by atoms with Crippen LogP contribution in [-0.2, 0) is 53.2 Å². The molecule has 12 heteroatoms. The Bertz CT molecular complexity index is 1760. The minimum Gasteiger partial charge on any atom is -0.497 e. The number of hydrogen-bond acceptors (Lipinski definition) is 10. The number of hydrogen-bond donors (Lipinski definition) is 4. The van der Waals surface area contributed by atoms with Gasteiger partial charge in [-0.05, 0) is 54.0 Å². The Kier molecular flexibility index (Phi) is 28.3. The summed E-state index contributed by atoms with van der Waals surface area (Å²) >= 11 is 0. The number of aliphatic hydroxyl groups excluding tert-OH is 1. The first-order chi connectivity index (χ1) is 32.4. The Balaban J connectivity index is 1.71. The minimum atomic E-state index is -1.18. The summed E-state index contributed by atoms with van der Waals surface area (Å²) in [5.74, 6) is -1.39. The SMILES string of the molecule is CCCCCCCCCCCCC[C@@H](O)[C@@H](C)[C@H](OCc1ccc(OC)cc1)[C@H](C)CN[C@H](C(=O)N[C@H](C(=O)N[C@@H](COCc1ccccc1)C(=O)OC)C(C)OCc1ccccc1)C(C)C. The van der Waals surface area contributed by atoms with Gasteiger partial charge in [-0.3, -0.25) is 9.59 Å². The lowest BCUT2D eigenvalue weighted by molar-refractivity contribution is -0.148. The second-order valence-electron chi connectivity index (χ2n) is 18.6. The number of nitrogens with one attached hydrogen (secondary N) is 3. The lowest BCUT2D eigenvalue weighted by Gasteiger charge is -2.34. The average molecular weight is 932 g/mol. The van der Waals surface area contributed by atoms with Gasteiger partial charge in [-0.25, -0.2) is 4.79 Å². The number of rotatable bonds is 36. The van der Waals surface area contributed by atoms with Gasteiger partial charge in [0.15, 0.2) is 6.04 Å². The minimum absolute atomic E-state index is 0.113. The smallest absolute Gasteiger partial charge is 0.330 e. The van der Waals surface area contributed by atoms with Crippen LogP contribution in [0.1, 0.15) is 135 Å². The zero-order valence-electron chi connectivity index (χ0n) is 42.0. The van der Waals surface area contributed by atoms with Crippen LogP contribution in [0.25, 0.3) is 0 Å². The zero-order valence-corrected chi connectivity index (χ0v) is 42.0. The Morgan fingerprint density at radius 3 is 1.69 bits per heavy atom. The number of amides is 2. The van der Waals surface area contributed by atoms with E-state index in [0.717, 1.165) is 35.3 Å². The number of aliphatic hydroxyl groups is 1. The quantitative estimate of drug-likeness (QED) is 0.0328. The molecule has 0 saturated carbocycles. The van der Waals surface area contributed by atoms with Crippen LogP contribution in [0, 0.1) is 17.8 Å². The summed E-state index contributed by atoms with van der Waals surface area (Å²) in [6, 6.07) is 23.8. The van der Waals surface area contributed by atoms with Gasteiger partial charge in [-0.1, -0.05) is 178 Å². The van der Waals surface area contributed by atoms with Crippen molar-refractivity contribution in [1.29, 1.82) is 0 Å². The molecule has 0 aliphatic rings. The predicted molar refractivity (Wildman–Crippen MR) is 266 cm³/mol. The second kappa shape index (κ2) is 33.2. The molecule has 0 fully saturated rings. The monoisotopic (exact) mass is 932 g/mol. The van der Waals surface area contributed by atoms with Gasteiger partial charge in [0.2, 0.25) is 11.8 Å². The number of methoxy groups -OCH3 is 2. The van der Waals surface area contributed by atoms with Gasteiger partial charge in [0.25, 0.3) is 0 Å². The summed E-state index contributed by atoms with van der Waals surface area (Å²) in [7, 11) is 2.89. The third-order valence-electron chi connectivity index (χ3n) is 12.6. The summed E-state index contributed by atoms with van der Waals surface area (Å²) in [5.41, 5.74) is 2.80. The Morgan fingerprint density at radius 2 is 1.13 bits per heavy atom. The maximum Gasteiger partial charge on any atom is 0.330 e. The maximum atomic E-state index is 14.3. The van der Waals surface area contributed by atoms with Crippen molar-refractivity contribution < 1.29 is 43.2 Å². The molecule has 374 valence electrons. The van der Waals surface area contributed by atoms with Crippen LogP contribution in [0.4, 0.5) is 0 Å². The van der Waals surface area contributed by atoms with Gasteiger partial charge >= 0.3 is 5.97 Å². The summed E-state index contributed by atoms with van der Waals surface area (Å²) in [6.45, 7) is 13.0. The molecule has 67 heavy (non-hydrogen) atoms. The summed E-state index contributed by atoms with van der Waals surface area (Å²) in [6.07, 6.45) is 12.7. The van der Waals surface area contributed by atoms with Crippen molar-refractivity contribution in [1.82, 2.24) is 16.0 Å². The maximum absolute atomic E-state index is 14.3. The number of carbonyl (C=O) groups is 3. The fourth-order valence-electron chi connectivity index (χ4n) is 8.29. The van der Waals surface area contributed by atoms with Crippen LogP contribution in [0.5, 0.6) is 5.75 Å². The van der Waals surface area contributed by atoms with Gasteiger partial charge in [-0.2, -0.15) is 0 Å². The molecule has 3 aromatic rings. The summed E-state index contributed by atoms with van der Waals surface area (Å²) < 4.78 is 29.1. The highest BCUT2D eigenvalue weighted by atomic mass is 16.5. The number of unbranched alkanes of at least 4 members (excludes halogenated alkanes) is 10. The van der Waals surface area contributed by atoms with Crippen LogP contribution in [0.2, 0.25) is 0 Å². The first-order valence-corrected chi connectivity index (χ1v) is 25.0. The molecule has 0 saturated heterocycles. The zero-order chi connectivity index (χ0) is 48.8. The van der Waals surface area contributed by atoms with Gasteiger partial charge in [0.1, 0.15) is 11.8 Å². The van der Waals surface area contributed by atoms with Gasteiger partial charge < -0.3 is 44.7 Å². The van der Waals surface area contributed by atoms with Crippen LogP contribution >= 0.6 is 0 Å². The fraction of sp³-hybridized carbons (Fsp3) is 0.618. The highest BCUT2D eigenvalue weighted by Crippen LogP contribution is 2.26. The molecule has 0 spiro atoms. The van der Waals surface area contributed by atoms with Crippen molar-refractivity contribution in [2.24, 2.45) is 17.8 Å². The van der Waals surface area contributed by atoms with Gasteiger partial charge in [-0.15, -0.1) is 0 Å². The topological polar surface area (TPSA) is 154 Å². The van der Waals surface area contributed by atoms with Gasteiger partial charge in [0.05, 0.1) is 65.0 Å². The molecular weight excluding hydrogens is 847 g/mol. The summed E-state index contributed by atoms with van der Waals surface area (Å²) in [4.78, 5) is 41.4. The van der Waals surface area contributed by atoms with E-state index in [0.29, 0.717) is 19.6 Å². The van der Waals surface area contributed by atoms with Crippen molar-refractivity contribution in [3.8, 4) is 5.75 Å². The van der Waals surface area contributed by atoms with Crippen LogP contribution in [-0.4, -0.2) is 86.7 Å². The summed E-state index contributed by atoms with van der Waals surface area (Å²) in [5, 5.41) is 20.8. The molecule has 3 aromatic carbocycles. The molecule has 8 atom stereocenters. The molecule has 4 N–H and O–H groups in total. The normalized spacial score (nSPS) is 15.1. The molecular formula is C55H85N3O9. The lowest BCUT2D eigenvalue weighted by Crippen LogP contribution is -2.60. The highest BCUT2D eigenvalue weighted by molar-refractivity contribution is 5.92. The number of esters is 1. The Labute approximate surface area is 403 Å². The van der Waals surface area contributed by atoms with E-state index in [9.17, 15) is 19.5 Å². The molecule has 0 bridgehead atoms. The average Bonchev–Trinajstić information content (AvgIpc) is 3.34. The Hall–Kier alpha value is -4.33. The van der Waals surface area contributed by atoms with Crippen molar-refractivity contribution >= 4 is 17.8 Å². The number of benzene rings is 3. The first-order valence-electron chi connectivity index (χ1n) is 25.0. The molecule has 0 radical (unpaired) electrons.